The van der Waals surface area contributed by atoms with Gasteiger partial charge in [0.05, 0.1) is 29.7 Å². The third-order valence-corrected chi connectivity index (χ3v) is 6.97. The molecule has 35 heavy (non-hydrogen) atoms. The maximum atomic E-state index is 14.0. The first-order chi connectivity index (χ1) is 17.1. The van der Waals surface area contributed by atoms with E-state index in [0.29, 0.717) is 24.3 Å². The van der Waals surface area contributed by atoms with E-state index in [4.69, 9.17) is 6.11 Å². The Hall–Kier alpha value is -3.38. The molecule has 184 valence electrons. The second-order valence-corrected chi connectivity index (χ2v) is 10.4. The number of pyridine rings is 1. The zero-order chi connectivity index (χ0) is 25.6. The number of nitrogens with zero attached hydrogens (tertiary/aromatic N) is 5. The van der Waals surface area contributed by atoms with Crippen molar-refractivity contribution < 1.29 is 23.3 Å². The monoisotopic (exact) mass is 504 g/mol. The normalized spacial score (nSPS) is 17.2. The van der Waals surface area contributed by atoms with Gasteiger partial charge in [-0.1, -0.05) is 6.07 Å². The van der Waals surface area contributed by atoms with E-state index in [2.05, 4.69) is 20.3 Å². The molecule has 12 heteroatoms. The fourth-order valence-corrected chi connectivity index (χ4v) is 5.07. The fraction of sp³-hybridized carbons (Fsp3) is 0.348. The number of rotatable bonds is 6. The van der Waals surface area contributed by atoms with E-state index in [-0.39, 0.29) is 33.6 Å². The van der Waals surface area contributed by atoms with Gasteiger partial charge in [-0.15, -0.1) is 0 Å². The highest BCUT2D eigenvalue weighted by Crippen LogP contribution is 2.36. The molecule has 0 spiro atoms. The molecule has 1 aliphatic rings. The second kappa shape index (κ2) is 9.00. The first kappa shape index (κ1) is 22.1. The van der Waals surface area contributed by atoms with Gasteiger partial charge in [-0.3, -0.25) is 4.57 Å². The molecule has 1 N–H and O–H groups in total. The molecule has 1 fully saturated rings. The first-order valence-electron chi connectivity index (χ1n) is 11.5. The van der Waals surface area contributed by atoms with Gasteiger partial charge < -0.3 is 14.6 Å². The Bertz CT molecular complexity index is 1550. The van der Waals surface area contributed by atoms with Crippen molar-refractivity contribution in [2.24, 2.45) is 7.05 Å². The van der Waals surface area contributed by atoms with Crippen LogP contribution in [0.3, 0.4) is 0 Å². The maximum absolute atomic E-state index is 14.0. The van der Waals surface area contributed by atoms with Gasteiger partial charge in [0.15, 0.2) is 21.3 Å². The molecule has 4 heterocycles. The van der Waals surface area contributed by atoms with Gasteiger partial charge in [-0.25, -0.2) is 32.2 Å². The topological polar surface area (TPSA) is 104 Å². The van der Waals surface area contributed by atoms with E-state index < -0.39 is 28.3 Å². The molecule has 1 atom stereocenters. The summed E-state index contributed by atoms with van der Waals surface area (Å²) in [6, 6.07) is 6.11. The van der Waals surface area contributed by atoms with Crippen molar-refractivity contribution in [2.75, 3.05) is 18.2 Å². The molecule has 1 aliphatic heterocycles. The average Bonchev–Trinajstić information content (AvgIpc) is 3.43. The summed E-state index contributed by atoms with van der Waals surface area (Å²) in [7, 11) is -1.89. The van der Waals surface area contributed by atoms with Crippen LogP contribution < -0.4 is 5.32 Å². The maximum Gasteiger partial charge on any atom is 0.295 e. The molecule has 4 aromatic rings. The third-order valence-electron chi connectivity index (χ3n) is 5.84. The molecule has 1 unspecified atom stereocenters. The van der Waals surface area contributed by atoms with Crippen LogP contribution in [0.25, 0.3) is 22.4 Å². The van der Waals surface area contributed by atoms with Gasteiger partial charge in [-0.05, 0) is 37.5 Å². The Kier molecular flexibility index (Phi) is 5.69. The number of hydrogen-bond acceptors (Lipinski definition) is 7. The molecular weight excluding hydrogens is 478 g/mol. The summed E-state index contributed by atoms with van der Waals surface area (Å²) in [5.41, 5.74) is 1.79. The van der Waals surface area contributed by atoms with Gasteiger partial charge in [0.1, 0.15) is 11.7 Å². The summed E-state index contributed by atoms with van der Waals surface area (Å²) in [6.07, 6.45) is 2.86. The summed E-state index contributed by atoms with van der Waals surface area (Å²) in [6.45, 7) is 0.430. The van der Waals surface area contributed by atoms with Crippen LogP contribution in [0.2, 0.25) is 0 Å². The lowest BCUT2D eigenvalue weighted by molar-refractivity contribution is -0.0363. The number of anilines is 2. The highest BCUT2D eigenvalue weighted by atomic mass is 32.2. The lowest BCUT2D eigenvalue weighted by Crippen LogP contribution is -2.20. The second-order valence-electron chi connectivity index (χ2n) is 8.47. The smallest absolute Gasteiger partial charge is 0.295 e. The minimum absolute atomic E-state index is 0.00808. The SMILES string of the molecule is [3H]c1cc(Nc2ccc(-c3cn(C)cn3)cc2S(C)(=O)=O)c2nc(C(F)F)n(C3CCCCO3)c2n1. The van der Waals surface area contributed by atoms with E-state index in [0.717, 1.165) is 19.1 Å². The fourth-order valence-electron chi connectivity index (χ4n) is 4.21. The van der Waals surface area contributed by atoms with Crippen molar-refractivity contribution in [2.45, 2.75) is 36.8 Å². The number of hydrogen-bond donors (Lipinski definition) is 1. The Morgan fingerprint density at radius 3 is 2.71 bits per heavy atom. The summed E-state index contributed by atoms with van der Waals surface area (Å²) in [4.78, 5) is 12.6. The summed E-state index contributed by atoms with van der Waals surface area (Å²) >= 11 is 0. The minimum atomic E-state index is -3.70. The Morgan fingerprint density at radius 2 is 2.06 bits per heavy atom. The van der Waals surface area contributed by atoms with Gasteiger partial charge in [0.2, 0.25) is 0 Å². The number of ether oxygens (including phenoxy) is 1. The number of nitrogens with one attached hydrogen (secondary N) is 1. The minimum Gasteiger partial charge on any atom is -0.358 e. The number of imidazole rings is 2. The molecule has 9 nitrogen and oxygen atoms in total. The number of halogens is 2. The average molecular weight is 505 g/mol. The number of sulfone groups is 1. The Morgan fingerprint density at radius 1 is 1.23 bits per heavy atom. The third kappa shape index (κ3) is 4.50. The van der Waals surface area contributed by atoms with Crippen LogP contribution in [0.4, 0.5) is 20.2 Å². The van der Waals surface area contributed by atoms with E-state index in [1.807, 2.05) is 7.05 Å². The van der Waals surface area contributed by atoms with Crippen molar-refractivity contribution in [1.82, 2.24) is 24.1 Å². The van der Waals surface area contributed by atoms with Crippen LogP contribution in [0.1, 0.15) is 39.1 Å². The van der Waals surface area contributed by atoms with Crippen molar-refractivity contribution >= 4 is 32.4 Å². The van der Waals surface area contributed by atoms with Gasteiger partial charge >= 0.3 is 0 Å². The van der Waals surface area contributed by atoms with Gasteiger partial charge in [0, 0.05) is 37.8 Å². The lowest BCUT2D eigenvalue weighted by Gasteiger charge is -2.25. The van der Waals surface area contributed by atoms with Crippen molar-refractivity contribution in [1.29, 1.82) is 0 Å². The number of fused-ring (bicyclic) bond motifs is 1. The zero-order valence-corrected chi connectivity index (χ0v) is 19.9. The van der Waals surface area contributed by atoms with Crippen LogP contribution in [-0.2, 0) is 21.6 Å². The van der Waals surface area contributed by atoms with E-state index in [9.17, 15) is 17.2 Å². The predicted octanol–water partition coefficient (Wildman–Crippen LogP) is 4.62. The van der Waals surface area contributed by atoms with Gasteiger partial charge in [-0.2, -0.15) is 0 Å². The number of aromatic nitrogens is 5. The molecule has 5 rings (SSSR count). The lowest BCUT2D eigenvalue weighted by atomic mass is 10.1. The van der Waals surface area contributed by atoms with E-state index in [1.165, 1.54) is 16.7 Å². The van der Waals surface area contributed by atoms with Crippen LogP contribution >= 0.6 is 0 Å². The summed E-state index contributed by atoms with van der Waals surface area (Å²) in [5.74, 6) is -0.508. The highest BCUT2D eigenvalue weighted by Gasteiger charge is 2.28. The Balaban J connectivity index is 1.64. The zero-order valence-electron chi connectivity index (χ0n) is 20.1. The molecular formula is C23H24F2N6O3S. The van der Waals surface area contributed by atoms with Crippen LogP contribution in [0.5, 0.6) is 0 Å². The molecule has 0 saturated carbocycles. The largest absolute Gasteiger partial charge is 0.358 e. The molecule has 1 aromatic carbocycles. The van der Waals surface area contributed by atoms with E-state index in [1.54, 1.807) is 29.2 Å². The number of alkyl halides is 2. The van der Waals surface area contributed by atoms with Crippen LogP contribution in [0, 0.1) is 0 Å². The van der Waals surface area contributed by atoms with Crippen molar-refractivity contribution in [3.63, 3.8) is 0 Å². The summed E-state index contributed by atoms with van der Waals surface area (Å²) in [5, 5.41) is 3.00. The standard InChI is InChI=1S/C23H24F2N6O3S/c1-30-12-17(27-13-30)14-6-7-15(18(11-14)35(2,32)33)28-16-8-9-26-22-20(16)29-23(21(24)25)31(22)19-5-3-4-10-34-19/h6-9,11-13,19,21H,3-5,10H2,1-2H3,(H,26,28)/i9T. The molecule has 0 amide bonds. The highest BCUT2D eigenvalue weighted by molar-refractivity contribution is 7.90. The first-order valence-corrected chi connectivity index (χ1v) is 12.9. The van der Waals surface area contributed by atoms with Crippen LogP contribution in [-0.4, -0.2) is 45.4 Å². The molecule has 0 radical (unpaired) electrons. The molecule has 1 saturated heterocycles. The Labute approximate surface area is 202 Å². The van der Waals surface area contributed by atoms with Crippen LogP contribution in [0.15, 0.2) is 47.9 Å². The van der Waals surface area contributed by atoms with Crippen molar-refractivity contribution in [3.05, 3.63) is 48.8 Å². The molecule has 0 aliphatic carbocycles. The van der Waals surface area contributed by atoms with Gasteiger partial charge in [0.25, 0.3) is 6.43 Å². The number of benzene rings is 1. The predicted molar refractivity (Wildman–Crippen MR) is 126 cm³/mol. The number of aryl methyl sites for hydroxylation is 1. The molecule has 3 aromatic heterocycles. The quantitative estimate of drug-likeness (QED) is 0.409. The molecule has 0 bridgehead atoms. The van der Waals surface area contributed by atoms with Crippen molar-refractivity contribution in [3.8, 4) is 11.3 Å². The summed E-state index contributed by atoms with van der Waals surface area (Å²) < 4.78 is 70.2. The van der Waals surface area contributed by atoms with E-state index >= 15 is 0 Å².